The van der Waals surface area contributed by atoms with Crippen molar-refractivity contribution in [3.05, 3.63) is 0 Å². The largest absolute Gasteiger partial charge is 0.390 e. The fourth-order valence-corrected chi connectivity index (χ4v) is 4.06. The highest BCUT2D eigenvalue weighted by atomic mass is 16.3. The van der Waals surface area contributed by atoms with Gasteiger partial charge < -0.3 is 5.11 Å². The minimum atomic E-state index is -0.200. The summed E-state index contributed by atoms with van der Waals surface area (Å²) >= 11 is 0. The first-order chi connectivity index (χ1) is 6.23. The van der Waals surface area contributed by atoms with Crippen LogP contribution in [0.15, 0.2) is 0 Å². The van der Waals surface area contributed by atoms with E-state index in [4.69, 9.17) is 0 Å². The molecule has 1 N–H and O–H groups in total. The lowest BCUT2D eigenvalue weighted by Gasteiger charge is -2.54. The van der Waals surface area contributed by atoms with Crippen LogP contribution in [-0.4, -0.2) is 10.7 Å². The predicted octanol–water partition coefficient (Wildman–Crippen LogP) is 2.97. The van der Waals surface area contributed by atoms with E-state index in [-0.39, 0.29) is 5.60 Å². The first-order valence-electron chi connectivity index (χ1n) is 5.96. The minimum absolute atomic E-state index is 0.200. The molecule has 0 heterocycles. The van der Waals surface area contributed by atoms with Crippen molar-refractivity contribution in [3.8, 4) is 0 Å². The van der Waals surface area contributed by atoms with Crippen molar-refractivity contribution < 1.29 is 5.11 Å². The van der Waals surface area contributed by atoms with Crippen molar-refractivity contribution >= 4 is 0 Å². The van der Waals surface area contributed by atoms with E-state index in [2.05, 4.69) is 0 Å². The maximum atomic E-state index is 10.1. The smallest absolute Gasteiger partial charge is 0.0655 e. The van der Waals surface area contributed by atoms with Gasteiger partial charge in [0.15, 0.2) is 0 Å². The van der Waals surface area contributed by atoms with Gasteiger partial charge in [-0.3, -0.25) is 0 Å². The van der Waals surface area contributed by atoms with Crippen LogP contribution in [0.2, 0.25) is 0 Å². The molecule has 4 fully saturated rings. The molecule has 1 heteroatoms. The number of rotatable bonds is 0. The molecule has 4 bridgehead atoms. The molecule has 4 rings (SSSR count). The molecule has 1 nitrogen and oxygen atoms in total. The Hall–Kier alpha value is -0.0400. The second-order valence-corrected chi connectivity index (χ2v) is 5.14. The summed E-state index contributed by atoms with van der Waals surface area (Å²) in [4.78, 5) is 0. The highest BCUT2D eigenvalue weighted by Crippen LogP contribution is 2.55. The summed E-state index contributed by atoms with van der Waals surface area (Å²) in [6.07, 6.45) is 7.66. The highest BCUT2D eigenvalue weighted by Gasteiger charge is 2.49. The van der Waals surface area contributed by atoms with Crippen molar-refractivity contribution in [2.75, 3.05) is 0 Å². The quantitative estimate of drug-likeness (QED) is 0.610. The zero-order valence-electron chi connectivity index (χ0n) is 8.92. The standard InChI is InChI=1S/C10H16O.C2H6/c11-10-4-7-1-8(5-10)3-9(2-7)6-10;1-2/h7-9,11H,1-6H2;1-2H3. The molecule has 0 amide bonds. The maximum Gasteiger partial charge on any atom is 0.0655 e. The average Bonchev–Trinajstić information content (AvgIpc) is 2.02. The van der Waals surface area contributed by atoms with E-state index in [1.165, 1.54) is 19.3 Å². The maximum absolute atomic E-state index is 10.1. The van der Waals surface area contributed by atoms with Crippen LogP contribution in [0.4, 0.5) is 0 Å². The van der Waals surface area contributed by atoms with Crippen molar-refractivity contribution in [1.82, 2.24) is 0 Å². The third-order valence-corrected chi connectivity index (χ3v) is 4.01. The van der Waals surface area contributed by atoms with Crippen molar-refractivity contribution in [2.45, 2.75) is 58.0 Å². The fourth-order valence-electron chi connectivity index (χ4n) is 4.06. The summed E-state index contributed by atoms with van der Waals surface area (Å²) in [5.74, 6) is 2.68. The second-order valence-electron chi connectivity index (χ2n) is 5.14. The Labute approximate surface area is 81.5 Å². The number of hydrogen-bond acceptors (Lipinski definition) is 1. The van der Waals surface area contributed by atoms with Crippen molar-refractivity contribution in [3.63, 3.8) is 0 Å². The summed E-state index contributed by atoms with van der Waals surface area (Å²) in [5, 5.41) is 10.1. The molecule has 4 aliphatic rings. The van der Waals surface area contributed by atoms with Crippen LogP contribution in [0.25, 0.3) is 0 Å². The van der Waals surface area contributed by atoms with Crippen LogP contribution in [0.3, 0.4) is 0 Å². The first-order valence-corrected chi connectivity index (χ1v) is 5.96. The van der Waals surface area contributed by atoms with E-state index in [9.17, 15) is 5.11 Å². The van der Waals surface area contributed by atoms with E-state index in [1.807, 2.05) is 13.8 Å². The van der Waals surface area contributed by atoms with Gasteiger partial charge in [-0.25, -0.2) is 0 Å². The van der Waals surface area contributed by atoms with Gasteiger partial charge in [0.05, 0.1) is 5.60 Å². The van der Waals surface area contributed by atoms with Crippen molar-refractivity contribution in [1.29, 1.82) is 0 Å². The molecule has 4 aliphatic carbocycles. The van der Waals surface area contributed by atoms with Gasteiger partial charge in [-0.15, -0.1) is 0 Å². The lowest BCUT2D eigenvalue weighted by atomic mass is 9.54. The van der Waals surface area contributed by atoms with Gasteiger partial charge in [0.2, 0.25) is 0 Å². The van der Waals surface area contributed by atoms with Gasteiger partial charge in [-0.2, -0.15) is 0 Å². The van der Waals surface area contributed by atoms with Gasteiger partial charge in [0.25, 0.3) is 0 Å². The summed E-state index contributed by atoms with van der Waals surface area (Å²) in [6, 6.07) is 0. The molecule has 4 saturated carbocycles. The van der Waals surface area contributed by atoms with Crippen LogP contribution in [-0.2, 0) is 0 Å². The molecule has 0 aromatic heterocycles. The lowest BCUT2D eigenvalue weighted by molar-refractivity contribution is -0.124. The molecule has 0 aliphatic heterocycles. The third kappa shape index (κ3) is 1.63. The molecule has 0 spiro atoms. The Morgan fingerprint density at radius 1 is 0.846 bits per heavy atom. The molecule has 0 atom stereocenters. The van der Waals surface area contributed by atoms with E-state index in [0.717, 1.165) is 37.0 Å². The fraction of sp³-hybridized carbons (Fsp3) is 1.00. The minimum Gasteiger partial charge on any atom is -0.390 e. The molecular weight excluding hydrogens is 160 g/mol. The Balaban J connectivity index is 0.000000308. The van der Waals surface area contributed by atoms with Crippen molar-refractivity contribution in [2.24, 2.45) is 17.8 Å². The molecule has 0 unspecified atom stereocenters. The average molecular weight is 182 g/mol. The van der Waals surface area contributed by atoms with Crippen LogP contribution in [0.1, 0.15) is 52.4 Å². The van der Waals surface area contributed by atoms with Gasteiger partial charge >= 0.3 is 0 Å². The molecule has 0 radical (unpaired) electrons. The highest BCUT2D eigenvalue weighted by molar-refractivity contribution is 5.01. The lowest BCUT2D eigenvalue weighted by Crippen LogP contribution is -2.50. The molecule has 0 aromatic rings. The summed E-state index contributed by atoms with van der Waals surface area (Å²) in [6.45, 7) is 4.00. The van der Waals surface area contributed by atoms with Gasteiger partial charge in [-0.1, -0.05) is 13.8 Å². The third-order valence-electron chi connectivity index (χ3n) is 4.01. The van der Waals surface area contributed by atoms with Crippen LogP contribution >= 0.6 is 0 Å². The number of hydrogen-bond donors (Lipinski definition) is 1. The Morgan fingerprint density at radius 2 is 1.15 bits per heavy atom. The van der Waals surface area contributed by atoms with E-state index in [1.54, 1.807) is 0 Å². The van der Waals surface area contributed by atoms with E-state index >= 15 is 0 Å². The molecule has 76 valence electrons. The molecular formula is C12H22O. The second kappa shape index (κ2) is 3.27. The van der Waals surface area contributed by atoms with Gasteiger partial charge in [-0.05, 0) is 56.3 Å². The number of aliphatic hydroxyl groups is 1. The van der Waals surface area contributed by atoms with Gasteiger partial charge in [0.1, 0.15) is 0 Å². The Kier molecular flexibility index (Phi) is 2.39. The predicted molar refractivity (Wildman–Crippen MR) is 54.5 cm³/mol. The molecule has 0 aromatic carbocycles. The van der Waals surface area contributed by atoms with Crippen LogP contribution in [0, 0.1) is 17.8 Å². The summed E-state index contributed by atoms with van der Waals surface area (Å²) in [5.41, 5.74) is -0.200. The van der Waals surface area contributed by atoms with Crippen LogP contribution in [0.5, 0.6) is 0 Å². The molecule has 13 heavy (non-hydrogen) atoms. The van der Waals surface area contributed by atoms with E-state index in [0.29, 0.717) is 0 Å². The SMILES string of the molecule is CC.OC12CC3CC(CC(C3)C1)C2. The summed E-state index contributed by atoms with van der Waals surface area (Å²) < 4.78 is 0. The monoisotopic (exact) mass is 182 g/mol. The zero-order chi connectivity index (χ0) is 9.47. The zero-order valence-corrected chi connectivity index (χ0v) is 8.92. The normalized spacial score (nSPS) is 51.5. The van der Waals surface area contributed by atoms with Gasteiger partial charge in [0, 0.05) is 0 Å². The first kappa shape index (κ1) is 9.51. The van der Waals surface area contributed by atoms with E-state index < -0.39 is 0 Å². The topological polar surface area (TPSA) is 20.2 Å². The Morgan fingerprint density at radius 3 is 1.38 bits per heavy atom. The van der Waals surface area contributed by atoms with Crippen LogP contribution < -0.4 is 0 Å². The Bertz CT molecular complexity index is 150. The molecule has 0 saturated heterocycles. The summed E-state index contributed by atoms with van der Waals surface area (Å²) in [7, 11) is 0.